The van der Waals surface area contributed by atoms with Crippen LogP contribution in [-0.2, 0) is 23.7 Å². The lowest BCUT2D eigenvalue weighted by atomic mass is 9.38. The Kier molecular flexibility index (Phi) is 12.5. The fraction of sp³-hybridized carbons (Fsp3) is 0.929. The second-order valence-corrected chi connectivity index (χ2v) is 20.1. The molecule has 6 rings (SSSR count). The molecule has 4 aliphatic carbocycles. The van der Waals surface area contributed by atoms with E-state index in [1.165, 1.54) is 5.57 Å². The normalized spacial score (nSPS) is 49.0. The first-order chi connectivity index (χ1) is 25.9. The minimum Gasteiger partial charge on any atom is -0.394 e. The van der Waals surface area contributed by atoms with Gasteiger partial charge in [0.2, 0.25) is 0 Å². The Morgan fingerprint density at radius 1 is 0.821 bits per heavy atom. The van der Waals surface area contributed by atoms with Gasteiger partial charge in [-0.05, 0) is 93.3 Å². The Labute approximate surface area is 331 Å². The predicted octanol–water partition coefficient (Wildman–Crippen LogP) is 1.33. The molecule has 0 radical (unpaired) electrons. The lowest BCUT2D eigenvalue weighted by Gasteiger charge is -2.64. The van der Waals surface area contributed by atoms with E-state index in [1.807, 2.05) is 0 Å². The fourth-order valence-electron chi connectivity index (χ4n) is 12.3. The summed E-state index contributed by atoms with van der Waals surface area (Å²) in [5.74, 6) is 1.03. The molecule has 14 heteroatoms. The third-order valence-corrected chi connectivity index (χ3v) is 16.3. The van der Waals surface area contributed by atoms with Gasteiger partial charge in [-0.3, -0.25) is 4.79 Å². The SMILES string of the molecule is C[C@@H](CC[C@@H](O[C@@H]1O[C@H](CO[C@@H]2O[C@H](CO)[C@@H](O)[C@H](O)[C@H]2O)[C@@H](O)[C@H](O)[C@H]1O)C(C)(C)O)C1CC[C@]2(C)[C@@H]3CC=C4[C@H](CC[C@@H](O)C4(C)C)[C@@]3(C)C(=O)C[C@@]12C. The first-order valence-corrected chi connectivity index (χ1v) is 20.9. The van der Waals surface area contributed by atoms with Gasteiger partial charge in [0.1, 0.15) is 54.6 Å². The molecule has 3 saturated carbocycles. The Morgan fingerprint density at radius 2 is 1.43 bits per heavy atom. The largest absolute Gasteiger partial charge is 0.394 e. The molecule has 0 bridgehead atoms. The lowest BCUT2D eigenvalue weighted by Crippen LogP contribution is -2.63. The minimum absolute atomic E-state index is 0.0767. The number of fused-ring (bicyclic) bond motifs is 5. The molecule has 2 heterocycles. The van der Waals surface area contributed by atoms with Crippen LogP contribution in [0.5, 0.6) is 0 Å². The van der Waals surface area contributed by atoms with Crippen LogP contribution in [0.25, 0.3) is 0 Å². The van der Waals surface area contributed by atoms with Crippen LogP contribution < -0.4 is 0 Å². The van der Waals surface area contributed by atoms with Crippen LogP contribution in [0.2, 0.25) is 0 Å². The molecular formula is C42H70O14. The first-order valence-electron chi connectivity index (χ1n) is 20.9. The van der Waals surface area contributed by atoms with Gasteiger partial charge in [-0.1, -0.05) is 53.2 Å². The number of carbonyl (C=O) groups is 1. The summed E-state index contributed by atoms with van der Waals surface area (Å²) < 4.78 is 23.1. The van der Waals surface area contributed by atoms with Crippen LogP contribution in [0, 0.1) is 45.3 Å². The van der Waals surface area contributed by atoms with Crippen molar-refractivity contribution in [2.75, 3.05) is 13.2 Å². The van der Waals surface area contributed by atoms with Crippen molar-refractivity contribution in [3.8, 4) is 0 Å². The van der Waals surface area contributed by atoms with Crippen LogP contribution >= 0.6 is 0 Å². The van der Waals surface area contributed by atoms with Crippen molar-refractivity contribution >= 4 is 5.78 Å². The maximum atomic E-state index is 14.6. The van der Waals surface area contributed by atoms with Crippen LogP contribution in [-0.4, -0.2) is 144 Å². The molecule has 2 saturated heterocycles. The highest BCUT2D eigenvalue weighted by atomic mass is 16.7. The van der Waals surface area contributed by atoms with Gasteiger partial charge in [0.05, 0.1) is 31.0 Å². The van der Waals surface area contributed by atoms with Gasteiger partial charge in [-0.15, -0.1) is 0 Å². The standard InChI is InChI=1S/C42H70O14/c1-20(21-15-16-40(6)26-12-10-22-23(11-13-27(44)38(22,2)3)42(26,8)28(45)17-41(21,40)7)9-14-29(39(4,5)52)56-37-35(51)33(49)31(47)25(55-37)19-53-36-34(50)32(48)30(46)24(18-43)54-36/h10,20-21,23-27,29-37,43-44,46-52H,9,11-19H2,1-8H3/t20-,21?,23-,24+,25+,26-,27+,29+,30+,31+,32-,33-,34+,35+,36+,37-,40+,41-,42+/m0/s1. The Hall–Kier alpha value is -1.11. The summed E-state index contributed by atoms with van der Waals surface area (Å²) in [6, 6.07) is 0. The smallest absolute Gasteiger partial charge is 0.187 e. The Balaban J connectivity index is 1.13. The monoisotopic (exact) mass is 798 g/mol. The summed E-state index contributed by atoms with van der Waals surface area (Å²) in [7, 11) is 0. The fourth-order valence-corrected chi connectivity index (χ4v) is 12.3. The summed E-state index contributed by atoms with van der Waals surface area (Å²) in [6.45, 7) is 15.4. The maximum absolute atomic E-state index is 14.6. The predicted molar refractivity (Wildman–Crippen MR) is 201 cm³/mol. The number of rotatable bonds is 11. The van der Waals surface area contributed by atoms with Crippen molar-refractivity contribution in [1.29, 1.82) is 0 Å². The van der Waals surface area contributed by atoms with Crippen LogP contribution in [0.1, 0.15) is 107 Å². The molecule has 56 heavy (non-hydrogen) atoms. The zero-order valence-electron chi connectivity index (χ0n) is 34.5. The Morgan fingerprint density at radius 3 is 2.05 bits per heavy atom. The molecule has 0 aromatic rings. The van der Waals surface area contributed by atoms with Crippen molar-refractivity contribution in [3.63, 3.8) is 0 Å². The molecule has 19 atom stereocenters. The topological polar surface area (TPSA) is 236 Å². The molecule has 6 aliphatic rings. The van der Waals surface area contributed by atoms with Crippen molar-refractivity contribution in [3.05, 3.63) is 11.6 Å². The van der Waals surface area contributed by atoms with Gasteiger partial charge in [0.25, 0.3) is 0 Å². The highest BCUT2D eigenvalue weighted by Crippen LogP contribution is 2.74. The number of aliphatic hydroxyl groups excluding tert-OH is 8. The molecule has 0 spiro atoms. The van der Waals surface area contributed by atoms with E-state index >= 15 is 0 Å². The first kappa shape index (κ1) is 44.4. The molecule has 1 unspecified atom stereocenters. The van der Waals surface area contributed by atoms with Crippen molar-refractivity contribution < 1.29 is 69.7 Å². The summed E-state index contributed by atoms with van der Waals surface area (Å²) >= 11 is 0. The zero-order valence-corrected chi connectivity index (χ0v) is 34.5. The minimum atomic E-state index is -1.72. The van der Waals surface area contributed by atoms with Gasteiger partial charge in [-0.25, -0.2) is 0 Å². The molecular weight excluding hydrogens is 728 g/mol. The van der Waals surface area contributed by atoms with Crippen LogP contribution in [0.4, 0.5) is 0 Å². The van der Waals surface area contributed by atoms with Crippen molar-refractivity contribution in [2.24, 2.45) is 45.3 Å². The van der Waals surface area contributed by atoms with Gasteiger partial charge in [-0.2, -0.15) is 0 Å². The van der Waals surface area contributed by atoms with Gasteiger partial charge in [0.15, 0.2) is 12.6 Å². The Bertz CT molecular complexity index is 1450. The lowest BCUT2D eigenvalue weighted by molar-refractivity contribution is -0.341. The van der Waals surface area contributed by atoms with Crippen molar-refractivity contribution in [2.45, 2.75) is 186 Å². The number of Topliss-reactive ketones (excluding diaryl/α,β-unsaturated/α-hetero) is 1. The van der Waals surface area contributed by atoms with E-state index < -0.39 is 97.8 Å². The molecule has 9 N–H and O–H groups in total. The summed E-state index contributed by atoms with van der Waals surface area (Å²) in [5.41, 5.74) is -1.32. The zero-order chi connectivity index (χ0) is 41.5. The van der Waals surface area contributed by atoms with Gasteiger partial charge in [0, 0.05) is 17.3 Å². The van der Waals surface area contributed by atoms with E-state index in [1.54, 1.807) is 13.8 Å². The van der Waals surface area contributed by atoms with E-state index in [9.17, 15) is 50.8 Å². The van der Waals surface area contributed by atoms with Gasteiger partial charge >= 0.3 is 0 Å². The molecule has 0 amide bonds. The van der Waals surface area contributed by atoms with E-state index in [0.717, 1.165) is 25.7 Å². The molecule has 2 aliphatic heterocycles. The summed E-state index contributed by atoms with van der Waals surface area (Å²) in [6.07, 6.45) is -8.64. The average molecular weight is 799 g/mol. The summed E-state index contributed by atoms with van der Waals surface area (Å²) in [4.78, 5) is 14.6. The van der Waals surface area contributed by atoms with E-state index in [-0.39, 0.29) is 39.9 Å². The molecule has 0 aromatic heterocycles. The maximum Gasteiger partial charge on any atom is 0.187 e. The molecule has 5 fully saturated rings. The average Bonchev–Trinajstić information content (AvgIpc) is 3.40. The molecule has 322 valence electrons. The van der Waals surface area contributed by atoms with Gasteiger partial charge < -0.3 is 64.9 Å². The summed E-state index contributed by atoms with van der Waals surface area (Å²) in [5, 5.41) is 94.8. The van der Waals surface area contributed by atoms with E-state index in [0.29, 0.717) is 31.5 Å². The highest BCUT2D eigenvalue weighted by molar-refractivity contribution is 5.88. The number of hydrogen-bond donors (Lipinski definition) is 9. The number of ether oxygens (including phenoxy) is 4. The van der Waals surface area contributed by atoms with Crippen LogP contribution in [0.15, 0.2) is 11.6 Å². The third kappa shape index (κ3) is 7.17. The molecule has 0 aromatic carbocycles. The van der Waals surface area contributed by atoms with E-state index in [4.69, 9.17) is 18.9 Å². The molecule has 14 nitrogen and oxygen atoms in total. The number of aliphatic hydroxyl groups is 9. The quantitative estimate of drug-likeness (QED) is 0.134. The highest BCUT2D eigenvalue weighted by Gasteiger charge is 2.70. The number of ketones is 1. The number of carbonyl (C=O) groups excluding carboxylic acids is 1. The second kappa shape index (κ2) is 15.7. The number of allylic oxidation sites excluding steroid dienone is 1. The van der Waals surface area contributed by atoms with Crippen molar-refractivity contribution in [1.82, 2.24) is 0 Å². The second-order valence-electron chi connectivity index (χ2n) is 20.1. The third-order valence-electron chi connectivity index (χ3n) is 16.3. The van der Waals surface area contributed by atoms with E-state index in [2.05, 4.69) is 47.6 Å². The number of hydrogen-bond acceptors (Lipinski definition) is 14. The van der Waals surface area contributed by atoms with Crippen LogP contribution in [0.3, 0.4) is 0 Å².